The molecule has 0 aliphatic carbocycles. The van der Waals surface area contributed by atoms with Crippen LogP contribution in [0.3, 0.4) is 0 Å². The first-order valence-corrected chi connectivity index (χ1v) is 3.47. The molecule has 0 saturated heterocycles. The summed E-state index contributed by atoms with van der Waals surface area (Å²) in [5, 5.41) is 11.2. The van der Waals surface area contributed by atoms with Crippen molar-refractivity contribution in [1.82, 2.24) is 0 Å². The van der Waals surface area contributed by atoms with Crippen molar-refractivity contribution >= 4 is 10.0 Å². The molecule has 0 aliphatic heterocycles. The molecular weight excluding hydrogens is 132 g/mol. The van der Waals surface area contributed by atoms with Crippen molar-refractivity contribution in [3.8, 4) is 0 Å². The molecule has 0 rings (SSSR count). The Balaban J connectivity index is 4.04. The number of nitrogens with two attached hydrogens (primary N) is 2. The van der Waals surface area contributed by atoms with Crippen LogP contribution in [-0.2, 0) is 10.0 Å². The van der Waals surface area contributed by atoms with Crippen LogP contribution >= 0.6 is 0 Å². The molecule has 6 heteroatoms. The van der Waals surface area contributed by atoms with E-state index in [0.29, 0.717) is 0 Å². The predicted molar refractivity (Wildman–Crippen MR) is 28.2 cm³/mol. The molecule has 8 heavy (non-hydrogen) atoms. The van der Waals surface area contributed by atoms with E-state index < -0.39 is 22.0 Å². The van der Waals surface area contributed by atoms with E-state index in [9.17, 15) is 8.42 Å². The number of aliphatic hydroxyl groups excluding tert-OH is 1. The molecule has 0 aromatic carbocycles. The summed E-state index contributed by atoms with van der Waals surface area (Å²) in [7, 11) is -3.73. The third-order valence-electron chi connectivity index (χ3n) is 0.602. The standard InChI is InChI=1S/C2H8N2O3S/c3-2(1-5)8(4,6)7/h2,5H,1,3H2,(H2,4,6,7)/t2-/m1/s1. The lowest BCUT2D eigenvalue weighted by molar-refractivity contribution is 0.292. The Morgan fingerprint density at radius 1 is 1.62 bits per heavy atom. The molecule has 0 heterocycles. The number of primary sulfonamides is 1. The summed E-state index contributed by atoms with van der Waals surface area (Å²) >= 11 is 0. The van der Waals surface area contributed by atoms with E-state index in [-0.39, 0.29) is 0 Å². The maximum absolute atomic E-state index is 10.1. The fourth-order valence-electron chi connectivity index (χ4n) is 0.104. The van der Waals surface area contributed by atoms with E-state index in [2.05, 4.69) is 5.14 Å². The summed E-state index contributed by atoms with van der Waals surface area (Å²) in [5.41, 5.74) is 4.79. The molecule has 1 atom stereocenters. The van der Waals surface area contributed by atoms with Gasteiger partial charge >= 0.3 is 0 Å². The van der Waals surface area contributed by atoms with Gasteiger partial charge in [0.15, 0.2) is 0 Å². The Morgan fingerprint density at radius 3 is 2.00 bits per heavy atom. The Morgan fingerprint density at radius 2 is 2.00 bits per heavy atom. The minimum absolute atomic E-state index is 0.640. The van der Waals surface area contributed by atoms with Crippen molar-refractivity contribution in [2.75, 3.05) is 6.61 Å². The van der Waals surface area contributed by atoms with Crippen LogP contribution in [0.25, 0.3) is 0 Å². The summed E-state index contributed by atoms with van der Waals surface area (Å²) in [6.45, 7) is -0.640. The van der Waals surface area contributed by atoms with E-state index >= 15 is 0 Å². The maximum atomic E-state index is 10.1. The van der Waals surface area contributed by atoms with E-state index in [1.54, 1.807) is 0 Å². The molecule has 0 amide bonds. The molecule has 0 aliphatic rings. The number of aliphatic hydroxyl groups is 1. The second kappa shape index (κ2) is 2.40. The van der Waals surface area contributed by atoms with Crippen LogP contribution in [0.2, 0.25) is 0 Å². The predicted octanol–water partition coefficient (Wildman–Crippen LogP) is -2.45. The topological polar surface area (TPSA) is 106 Å². The highest BCUT2D eigenvalue weighted by molar-refractivity contribution is 7.89. The molecule has 5 nitrogen and oxygen atoms in total. The van der Waals surface area contributed by atoms with Gasteiger partial charge in [-0.2, -0.15) is 0 Å². The van der Waals surface area contributed by atoms with Gasteiger partial charge in [0.2, 0.25) is 10.0 Å². The van der Waals surface area contributed by atoms with Gasteiger partial charge in [0.25, 0.3) is 0 Å². The fraction of sp³-hybridized carbons (Fsp3) is 1.00. The van der Waals surface area contributed by atoms with Gasteiger partial charge in [-0.1, -0.05) is 0 Å². The largest absolute Gasteiger partial charge is 0.394 e. The molecule has 0 spiro atoms. The van der Waals surface area contributed by atoms with Crippen molar-refractivity contribution in [2.24, 2.45) is 10.9 Å². The molecule has 0 aromatic heterocycles. The van der Waals surface area contributed by atoms with E-state index in [1.807, 2.05) is 0 Å². The van der Waals surface area contributed by atoms with Crippen LogP contribution in [-0.4, -0.2) is 25.5 Å². The fourth-order valence-corrected chi connectivity index (χ4v) is 0.312. The van der Waals surface area contributed by atoms with Gasteiger partial charge in [0, 0.05) is 0 Å². The van der Waals surface area contributed by atoms with Gasteiger partial charge < -0.3 is 10.8 Å². The Kier molecular flexibility index (Phi) is 2.35. The number of sulfonamides is 1. The van der Waals surface area contributed by atoms with Crippen molar-refractivity contribution in [1.29, 1.82) is 0 Å². The highest BCUT2D eigenvalue weighted by Crippen LogP contribution is 1.81. The number of rotatable bonds is 2. The van der Waals surface area contributed by atoms with Gasteiger partial charge in [-0.15, -0.1) is 0 Å². The quantitative estimate of drug-likeness (QED) is 0.396. The third-order valence-corrected chi connectivity index (χ3v) is 1.59. The molecule has 0 unspecified atom stereocenters. The Labute approximate surface area is 47.3 Å². The number of hydrogen-bond donors (Lipinski definition) is 3. The minimum Gasteiger partial charge on any atom is -0.394 e. The third kappa shape index (κ3) is 2.22. The SMILES string of the molecule is N[C@@H](CO)S(N)(=O)=O. The Hall–Kier alpha value is -0.170. The first kappa shape index (κ1) is 7.83. The minimum atomic E-state index is -3.73. The molecule has 0 saturated carbocycles. The zero-order valence-corrected chi connectivity index (χ0v) is 4.93. The van der Waals surface area contributed by atoms with Gasteiger partial charge in [-0.3, -0.25) is 0 Å². The van der Waals surface area contributed by atoms with Crippen LogP contribution in [0, 0.1) is 0 Å². The van der Waals surface area contributed by atoms with Gasteiger partial charge in [0.05, 0.1) is 6.61 Å². The highest BCUT2D eigenvalue weighted by atomic mass is 32.2. The normalized spacial score (nSPS) is 15.9. The average molecular weight is 140 g/mol. The maximum Gasteiger partial charge on any atom is 0.227 e. The summed E-state index contributed by atoms with van der Waals surface area (Å²) < 4.78 is 20.1. The van der Waals surface area contributed by atoms with E-state index in [1.165, 1.54) is 0 Å². The van der Waals surface area contributed by atoms with Crippen LogP contribution in [0.5, 0.6) is 0 Å². The summed E-state index contributed by atoms with van der Waals surface area (Å²) in [4.78, 5) is 0. The van der Waals surface area contributed by atoms with Crippen molar-refractivity contribution in [3.05, 3.63) is 0 Å². The van der Waals surface area contributed by atoms with Crippen molar-refractivity contribution in [2.45, 2.75) is 5.37 Å². The van der Waals surface area contributed by atoms with Crippen molar-refractivity contribution in [3.63, 3.8) is 0 Å². The second-order valence-electron chi connectivity index (χ2n) is 1.31. The summed E-state index contributed by atoms with van der Waals surface area (Å²) in [6, 6.07) is 0. The van der Waals surface area contributed by atoms with Crippen LogP contribution in [0.4, 0.5) is 0 Å². The molecule has 0 radical (unpaired) electrons. The van der Waals surface area contributed by atoms with Gasteiger partial charge in [-0.25, -0.2) is 13.6 Å². The first-order chi connectivity index (χ1) is 3.48. The smallest absolute Gasteiger partial charge is 0.227 e. The van der Waals surface area contributed by atoms with Crippen LogP contribution < -0.4 is 10.9 Å². The van der Waals surface area contributed by atoms with Crippen molar-refractivity contribution < 1.29 is 13.5 Å². The summed E-state index contributed by atoms with van der Waals surface area (Å²) in [5.74, 6) is 0. The van der Waals surface area contributed by atoms with E-state index in [0.717, 1.165) is 0 Å². The Bertz CT molecular complexity index is 151. The van der Waals surface area contributed by atoms with Crippen LogP contribution in [0.15, 0.2) is 0 Å². The average Bonchev–Trinajstić information content (AvgIpc) is 1.62. The summed E-state index contributed by atoms with van der Waals surface area (Å²) in [6.07, 6.45) is 0. The van der Waals surface area contributed by atoms with Gasteiger partial charge in [0.1, 0.15) is 5.37 Å². The monoisotopic (exact) mass is 140 g/mol. The second-order valence-corrected chi connectivity index (χ2v) is 3.09. The van der Waals surface area contributed by atoms with Crippen LogP contribution in [0.1, 0.15) is 0 Å². The lowest BCUT2D eigenvalue weighted by atomic mass is 10.7. The molecular formula is C2H8N2O3S. The zero-order chi connectivity index (χ0) is 6.78. The molecule has 0 aromatic rings. The highest BCUT2D eigenvalue weighted by Gasteiger charge is 2.13. The lowest BCUT2D eigenvalue weighted by Gasteiger charge is -2.01. The number of hydrogen-bond acceptors (Lipinski definition) is 4. The molecule has 5 N–H and O–H groups in total. The van der Waals surface area contributed by atoms with E-state index in [4.69, 9.17) is 10.8 Å². The first-order valence-electron chi connectivity index (χ1n) is 1.86. The molecule has 50 valence electrons. The molecule has 0 bridgehead atoms. The van der Waals surface area contributed by atoms with Gasteiger partial charge in [-0.05, 0) is 0 Å². The lowest BCUT2D eigenvalue weighted by Crippen LogP contribution is -2.38. The molecule has 0 fully saturated rings. The zero-order valence-electron chi connectivity index (χ0n) is 4.11.